The molecule has 0 aliphatic rings. The van der Waals surface area contributed by atoms with Crippen molar-refractivity contribution in [3.63, 3.8) is 0 Å². The van der Waals surface area contributed by atoms with E-state index in [1.807, 2.05) is 16.9 Å². The molecule has 0 fully saturated rings. The molecule has 0 saturated heterocycles. The minimum absolute atomic E-state index is 0.257. The summed E-state index contributed by atoms with van der Waals surface area (Å²) >= 11 is 1.69. The first-order valence-electron chi connectivity index (χ1n) is 5.66. The van der Waals surface area contributed by atoms with E-state index in [0.29, 0.717) is 23.5 Å². The van der Waals surface area contributed by atoms with Crippen LogP contribution in [0.5, 0.6) is 0 Å². The highest BCUT2D eigenvalue weighted by molar-refractivity contribution is 8.00. The third-order valence-corrected chi connectivity index (χ3v) is 3.30. The number of carbonyl (C=O) groups is 1. The quantitative estimate of drug-likeness (QED) is 0.767. The molecule has 0 bridgehead atoms. The summed E-state index contributed by atoms with van der Waals surface area (Å²) in [6.45, 7) is 8.36. The van der Waals surface area contributed by atoms with Gasteiger partial charge in [0.15, 0.2) is 0 Å². The average molecular weight is 240 g/mol. The van der Waals surface area contributed by atoms with E-state index >= 15 is 0 Å². The Bertz CT molecular complexity index is 345. The van der Waals surface area contributed by atoms with Crippen LogP contribution in [0, 0.1) is 0 Å². The number of hydrogen-bond acceptors (Lipinski definition) is 3. The van der Waals surface area contributed by atoms with E-state index in [2.05, 4.69) is 32.8 Å². The predicted octanol–water partition coefficient (Wildman–Crippen LogP) is 2.72. The molecule has 90 valence electrons. The lowest BCUT2D eigenvalue weighted by atomic mass is 10.2. The minimum Gasteiger partial charge on any atom is -0.298 e. The van der Waals surface area contributed by atoms with Crippen LogP contribution in [-0.2, 0) is 11.2 Å². The van der Waals surface area contributed by atoms with Crippen molar-refractivity contribution in [2.45, 2.75) is 45.4 Å². The summed E-state index contributed by atoms with van der Waals surface area (Å²) in [5, 5.41) is 4.87. The van der Waals surface area contributed by atoms with E-state index in [4.69, 9.17) is 0 Å². The van der Waals surface area contributed by atoms with Crippen molar-refractivity contribution in [3.8, 4) is 0 Å². The lowest BCUT2D eigenvalue weighted by Crippen LogP contribution is -2.09. The Labute approximate surface area is 102 Å². The Hall–Kier alpha value is -0.770. The highest BCUT2D eigenvalue weighted by atomic mass is 32.2. The molecular weight excluding hydrogens is 220 g/mol. The molecule has 3 nitrogen and oxygen atoms in total. The number of Topliss-reactive ketones (excluding diaryl/α,β-unsaturated/α-hetero) is 1. The number of ketones is 1. The lowest BCUT2D eigenvalue weighted by Gasteiger charge is -2.04. The van der Waals surface area contributed by atoms with Crippen molar-refractivity contribution in [3.05, 3.63) is 18.0 Å². The standard InChI is InChI=1S/C12H20N2OS/c1-9(2)14-6-5-11(13-14)7-12(15)8-16-10(3)4/h5-6,9-10H,7-8H2,1-4H3. The Morgan fingerprint density at radius 3 is 2.62 bits per heavy atom. The van der Waals surface area contributed by atoms with Gasteiger partial charge in [0.05, 0.1) is 17.9 Å². The number of aromatic nitrogens is 2. The van der Waals surface area contributed by atoms with Crippen molar-refractivity contribution in [2.24, 2.45) is 0 Å². The maximum atomic E-state index is 11.6. The van der Waals surface area contributed by atoms with Crippen molar-refractivity contribution < 1.29 is 4.79 Å². The summed E-state index contributed by atoms with van der Waals surface area (Å²) in [7, 11) is 0. The molecule has 1 aromatic heterocycles. The van der Waals surface area contributed by atoms with Gasteiger partial charge in [-0.25, -0.2) is 0 Å². The molecule has 0 aliphatic carbocycles. The van der Waals surface area contributed by atoms with E-state index in [1.54, 1.807) is 11.8 Å². The van der Waals surface area contributed by atoms with Gasteiger partial charge < -0.3 is 0 Å². The molecule has 0 aromatic carbocycles. The van der Waals surface area contributed by atoms with Gasteiger partial charge in [-0.15, -0.1) is 0 Å². The molecule has 1 rings (SSSR count). The van der Waals surface area contributed by atoms with Gasteiger partial charge in [-0.3, -0.25) is 9.48 Å². The normalized spacial score (nSPS) is 11.4. The van der Waals surface area contributed by atoms with Gasteiger partial charge in [-0.2, -0.15) is 16.9 Å². The van der Waals surface area contributed by atoms with Gasteiger partial charge in [-0.1, -0.05) is 13.8 Å². The molecule has 0 spiro atoms. The molecule has 0 radical (unpaired) electrons. The summed E-state index contributed by atoms with van der Waals surface area (Å²) in [6.07, 6.45) is 2.39. The fraction of sp³-hybridized carbons (Fsp3) is 0.667. The molecule has 1 heterocycles. The van der Waals surface area contributed by atoms with E-state index in [-0.39, 0.29) is 5.78 Å². The van der Waals surface area contributed by atoms with E-state index < -0.39 is 0 Å². The molecule has 0 saturated carbocycles. The summed E-state index contributed by atoms with van der Waals surface area (Å²) in [5.41, 5.74) is 0.878. The van der Waals surface area contributed by atoms with Crippen LogP contribution >= 0.6 is 11.8 Å². The van der Waals surface area contributed by atoms with Crippen molar-refractivity contribution in [1.82, 2.24) is 9.78 Å². The van der Waals surface area contributed by atoms with Gasteiger partial charge in [0.2, 0.25) is 0 Å². The average Bonchev–Trinajstić information content (AvgIpc) is 2.63. The molecule has 0 atom stereocenters. The Kier molecular flexibility index (Phi) is 5.06. The van der Waals surface area contributed by atoms with Crippen LogP contribution in [0.2, 0.25) is 0 Å². The second-order valence-electron chi connectivity index (χ2n) is 4.46. The molecule has 16 heavy (non-hydrogen) atoms. The first-order chi connectivity index (χ1) is 7.49. The van der Waals surface area contributed by atoms with E-state index in [9.17, 15) is 4.79 Å². The fourth-order valence-electron chi connectivity index (χ4n) is 1.27. The smallest absolute Gasteiger partial charge is 0.148 e. The molecular formula is C12H20N2OS. The summed E-state index contributed by atoms with van der Waals surface area (Å²) in [6, 6.07) is 2.28. The zero-order chi connectivity index (χ0) is 12.1. The first kappa shape index (κ1) is 13.3. The molecule has 4 heteroatoms. The van der Waals surface area contributed by atoms with Gasteiger partial charge >= 0.3 is 0 Å². The highest BCUT2D eigenvalue weighted by Gasteiger charge is 2.08. The van der Waals surface area contributed by atoms with Crippen LogP contribution in [0.15, 0.2) is 12.3 Å². The second kappa shape index (κ2) is 6.09. The molecule has 1 aromatic rings. The van der Waals surface area contributed by atoms with Crippen LogP contribution in [0.1, 0.15) is 39.4 Å². The molecule has 0 N–H and O–H groups in total. The number of thioether (sulfide) groups is 1. The zero-order valence-corrected chi connectivity index (χ0v) is 11.3. The Morgan fingerprint density at radius 1 is 1.44 bits per heavy atom. The van der Waals surface area contributed by atoms with Crippen molar-refractivity contribution >= 4 is 17.5 Å². The van der Waals surface area contributed by atoms with Crippen LogP contribution in [-0.4, -0.2) is 26.6 Å². The topological polar surface area (TPSA) is 34.9 Å². The zero-order valence-electron chi connectivity index (χ0n) is 10.4. The maximum Gasteiger partial charge on any atom is 0.148 e. The number of hydrogen-bond donors (Lipinski definition) is 0. The summed E-state index contributed by atoms with van der Waals surface area (Å²) in [5.74, 6) is 0.847. The largest absolute Gasteiger partial charge is 0.298 e. The van der Waals surface area contributed by atoms with Crippen LogP contribution in [0.3, 0.4) is 0 Å². The SMILES string of the molecule is CC(C)SCC(=O)Cc1ccn(C(C)C)n1. The number of nitrogens with zero attached hydrogens (tertiary/aromatic N) is 2. The van der Waals surface area contributed by atoms with Gasteiger partial charge in [0, 0.05) is 12.2 Å². The number of carbonyl (C=O) groups excluding carboxylic acids is 1. The Balaban J connectivity index is 2.43. The molecule has 0 aliphatic heterocycles. The van der Waals surface area contributed by atoms with Gasteiger partial charge in [0.25, 0.3) is 0 Å². The van der Waals surface area contributed by atoms with E-state index in [1.165, 1.54) is 0 Å². The molecule has 0 unspecified atom stereocenters. The summed E-state index contributed by atoms with van der Waals surface area (Å²) in [4.78, 5) is 11.6. The lowest BCUT2D eigenvalue weighted by molar-refractivity contribution is -0.116. The third-order valence-electron chi connectivity index (χ3n) is 2.15. The molecule has 0 amide bonds. The van der Waals surface area contributed by atoms with Gasteiger partial charge in [-0.05, 0) is 25.2 Å². The second-order valence-corrected chi connectivity index (χ2v) is 6.02. The summed E-state index contributed by atoms with van der Waals surface area (Å²) < 4.78 is 1.89. The third kappa shape index (κ3) is 4.39. The Morgan fingerprint density at radius 2 is 2.12 bits per heavy atom. The van der Waals surface area contributed by atoms with Crippen LogP contribution in [0.4, 0.5) is 0 Å². The van der Waals surface area contributed by atoms with Crippen molar-refractivity contribution in [2.75, 3.05) is 5.75 Å². The predicted molar refractivity (Wildman–Crippen MR) is 68.9 cm³/mol. The van der Waals surface area contributed by atoms with Crippen LogP contribution in [0.25, 0.3) is 0 Å². The van der Waals surface area contributed by atoms with Gasteiger partial charge in [0.1, 0.15) is 5.78 Å². The number of rotatable bonds is 6. The minimum atomic E-state index is 0.257. The van der Waals surface area contributed by atoms with Crippen molar-refractivity contribution in [1.29, 1.82) is 0 Å². The highest BCUT2D eigenvalue weighted by Crippen LogP contribution is 2.11. The van der Waals surface area contributed by atoms with E-state index in [0.717, 1.165) is 5.69 Å². The monoisotopic (exact) mass is 240 g/mol. The fourth-order valence-corrected chi connectivity index (χ4v) is 1.89. The maximum absolute atomic E-state index is 11.6. The van der Waals surface area contributed by atoms with Crippen LogP contribution < -0.4 is 0 Å². The first-order valence-corrected chi connectivity index (χ1v) is 6.71.